The van der Waals surface area contributed by atoms with Crippen LogP contribution in [0.2, 0.25) is 0 Å². The Kier molecular flexibility index (Phi) is 4.09. The van der Waals surface area contributed by atoms with Crippen LogP contribution < -0.4 is 16.6 Å². The maximum absolute atomic E-state index is 11.9. The lowest BCUT2D eigenvalue weighted by Crippen LogP contribution is -2.36. The number of carbonyl (C=O) groups is 1. The van der Waals surface area contributed by atoms with Gasteiger partial charge in [-0.05, 0) is 25.1 Å². The van der Waals surface area contributed by atoms with E-state index in [1.165, 1.54) is 6.20 Å². The average molecular weight is 260 g/mol. The van der Waals surface area contributed by atoms with Crippen molar-refractivity contribution in [2.24, 2.45) is 5.84 Å². The molecule has 0 saturated carbocycles. The summed E-state index contributed by atoms with van der Waals surface area (Å²) in [5, 5.41) is 6.94. The van der Waals surface area contributed by atoms with E-state index in [0.717, 1.165) is 0 Å². The van der Waals surface area contributed by atoms with E-state index in [1.807, 2.05) is 19.2 Å². The zero-order chi connectivity index (χ0) is 13.7. The Morgan fingerprint density at radius 1 is 1.53 bits per heavy atom. The minimum absolute atomic E-state index is 0.0403. The fourth-order valence-corrected chi connectivity index (χ4v) is 1.65. The topological polar surface area (TPSA) is 97.9 Å². The molecule has 2 aromatic rings. The van der Waals surface area contributed by atoms with Crippen molar-refractivity contribution in [2.75, 3.05) is 5.43 Å². The molecular formula is C12H16N6O. The van der Waals surface area contributed by atoms with Crippen LogP contribution in [-0.4, -0.2) is 26.7 Å². The van der Waals surface area contributed by atoms with E-state index in [2.05, 4.69) is 20.8 Å². The maximum Gasteiger partial charge on any atom is 0.270 e. The summed E-state index contributed by atoms with van der Waals surface area (Å²) >= 11 is 0. The molecule has 7 nitrogen and oxygen atoms in total. The number of hydrogen-bond donors (Lipinski definition) is 3. The minimum atomic E-state index is -0.219. The van der Waals surface area contributed by atoms with Crippen LogP contribution in [0.25, 0.3) is 0 Å². The van der Waals surface area contributed by atoms with Gasteiger partial charge in [-0.3, -0.25) is 15.3 Å². The molecule has 2 aromatic heterocycles. The van der Waals surface area contributed by atoms with Gasteiger partial charge in [0.05, 0.1) is 18.4 Å². The number of carbonyl (C=O) groups excluding carboxylic acids is 1. The lowest BCUT2D eigenvalue weighted by Gasteiger charge is -2.13. The number of pyridine rings is 1. The van der Waals surface area contributed by atoms with Gasteiger partial charge in [-0.2, -0.15) is 5.10 Å². The zero-order valence-electron chi connectivity index (χ0n) is 10.6. The van der Waals surface area contributed by atoms with Gasteiger partial charge in [-0.15, -0.1) is 0 Å². The highest BCUT2D eigenvalue weighted by molar-refractivity contribution is 5.92. The number of amides is 1. The summed E-state index contributed by atoms with van der Waals surface area (Å²) < 4.78 is 1.76. The van der Waals surface area contributed by atoms with E-state index in [1.54, 1.807) is 23.0 Å². The van der Waals surface area contributed by atoms with Gasteiger partial charge in [-0.1, -0.05) is 0 Å². The van der Waals surface area contributed by atoms with Crippen LogP contribution in [-0.2, 0) is 6.54 Å². The molecule has 1 unspecified atom stereocenters. The Bertz CT molecular complexity index is 522. The van der Waals surface area contributed by atoms with Gasteiger partial charge in [0.1, 0.15) is 5.69 Å². The van der Waals surface area contributed by atoms with Crippen molar-refractivity contribution >= 4 is 11.6 Å². The Hall–Kier alpha value is -2.41. The number of nitrogens with one attached hydrogen (secondary N) is 2. The molecule has 0 fully saturated rings. The van der Waals surface area contributed by atoms with Crippen LogP contribution >= 0.6 is 0 Å². The molecule has 0 radical (unpaired) electrons. The molecule has 2 rings (SSSR count). The highest BCUT2D eigenvalue weighted by atomic mass is 16.1. The summed E-state index contributed by atoms with van der Waals surface area (Å²) in [5.74, 6) is 5.01. The third-order valence-electron chi connectivity index (χ3n) is 2.56. The van der Waals surface area contributed by atoms with Gasteiger partial charge < -0.3 is 10.7 Å². The van der Waals surface area contributed by atoms with Crippen molar-refractivity contribution in [1.82, 2.24) is 20.1 Å². The minimum Gasteiger partial charge on any atom is -0.346 e. The highest BCUT2D eigenvalue weighted by Gasteiger charge is 2.11. The van der Waals surface area contributed by atoms with Gasteiger partial charge >= 0.3 is 0 Å². The molecule has 0 saturated heterocycles. The zero-order valence-corrected chi connectivity index (χ0v) is 10.6. The van der Waals surface area contributed by atoms with Gasteiger partial charge in [0.15, 0.2) is 0 Å². The first-order chi connectivity index (χ1) is 9.19. The second kappa shape index (κ2) is 5.96. The molecule has 0 aromatic carbocycles. The summed E-state index contributed by atoms with van der Waals surface area (Å²) in [7, 11) is 0. The smallest absolute Gasteiger partial charge is 0.270 e. The Morgan fingerprint density at radius 2 is 2.37 bits per heavy atom. The number of aromatic nitrogens is 3. The lowest BCUT2D eigenvalue weighted by atomic mass is 10.3. The van der Waals surface area contributed by atoms with Crippen LogP contribution in [0.5, 0.6) is 0 Å². The molecule has 2 heterocycles. The number of nitrogens with two attached hydrogens (primary N) is 1. The number of anilines is 1. The molecule has 0 spiro atoms. The van der Waals surface area contributed by atoms with Gasteiger partial charge in [0, 0.05) is 18.4 Å². The first-order valence-electron chi connectivity index (χ1n) is 5.90. The van der Waals surface area contributed by atoms with Crippen LogP contribution in [0.4, 0.5) is 5.69 Å². The largest absolute Gasteiger partial charge is 0.346 e. The molecule has 0 bridgehead atoms. The molecule has 0 aliphatic carbocycles. The standard InChI is InChI=1S/C12H16N6O/c1-9(8-18-6-2-5-15-18)16-12(19)11-4-3-10(17-13)7-14-11/h2-7,9,17H,8,13H2,1H3,(H,16,19). The molecule has 7 heteroatoms. The van der Waals surface area contributed by atoms with Gasteiger partial charge in [0.2, 0.25) is 0 Å². The van der Waals surface area contributed by atoms with Crippen molar-refractivity contribution in [3.05, 3.63) is 42.5 Å². The molecular weight excluding hydrogens is 244 g/mol. The van der Waals surface area contributed by atoms with Crippen molar-refractivity contribution in [2.45, 2.75) is 19.5 Å². The SMILES string of the molecule is CC(Cn1cccn1)NC(=O)c1ccc(NN)cn1. The summed E-state index contributed by atoms with van der Waals surface area (Å²) in [4.78, 5) is 16.0. The fraction of sp³-hybridized carbons (Fsp3) is 0.250. The third-order valence-corrected chi connectivity index (χ3v) is 2.56. The predicted octanol–water partition coefficient (Wildman–Crippen LogP) is 0.382. The average Bonchev–Trinajstić information content (AvgIpc) is 2.91. The van der Waals surface area contributed by atoms with E-state index in [-0.39, 0.29) is 11.9 Å². The quantitative estimate of drug-likeness (QED) is 0.533. The Labute approximate surface area is 110 Å². The Balaban J connectivity index is 1.92. The number of nitrogen functional groups attached to an aromatic ring is 1. The second-order valence-corrected chi connectivity index (χ2v) is 4.18. The van der Waals surface area contributed by atoms with E-state index in [9.17, 15) is 4.79 Å². The molecule has 19 heavy (non-hydrogen) atoms. The first-order valence-corrected chi connectivity index (χ1v) is 5.90. The maximum atomic E-state index is 11.9. The molecule has 0 aliphatic heterocycles. The number of nitrogens with zero attached hydrogens (tertiary/aromatic N) is 3. The molecule has 4 N–H and O–H groups in total. The summed E-state index contributed by atoms with van der Waals surface area (Å²) in [6, 6.07) is 5.11. The molecule has 100 valence electrons. The van der Waals surface area contributed by atoms with E-state index in [0.29, 0.717) is 17.9 Å². The van der Waals surface area contributed by atoms with Gasteiger partial charge in [-0.25, -0.2) is 4.98 Å². The van der Waals surface area contributed by atoms with Gasteiger partial charge in [0.25, 0.3) is 5.91 Å². The van der Waals surface area contributed by atoms with Crippen molar-refractivity contribution in [1.29, 1.82) is 0 Å². The summed E-state index contributed by atoms with van der Waals surface area (Å²) in [6.45, 7) is 2.52. The number of hydrazine groups is 1. The second-order valence-electron chi connectivity index (χ2n) is 4.18. The monoisotopic (exact) mass is 260 g/mol. The van der Waals surface area contributed by atoms with Crippen LogP contribution in [0, 0.1) is 0 Å². The van der Waals surface area contributed by atoms with Crippen molar-refractivity contribution in [3.8, 4) is 0 Å². The number of hydrogen-bond acceptors (Lipinski definition) is 5. The van der Waals surface area contributed by atoms with Crippen LogP contribution in [0.3, 0.4) is 0 Å². The van der Waals surface area contributed by atoms with E-state index in [4.69, 9.17) is 5.84 Å². The highest BCUT2D eigenvalue weighted by Crippen LogP contribution is 2.04. The first kappa shape index (κ1) is 13.0. The Morgan fingerprint density at radius 3 is 2.95 bits per heavy atom. The van der Waals surface area contributed by atoms with Crippen molar-refractivity contribution < 1.29 is 4.79 Å². The summed E-state index contributed by atoms with van der Waals surface area (Å²) in [6.07, 6.45) is 5.06. The lowest BCUT2D eigenvalue weighted by molar-refractivity contribution is 0.0931. The predicted molar refractivity (Wildman–Crippen MR) is 71.2 cm³/mol. The van der Waals surface area contributed by atoms with E-state index < -0.39 is 0 Å². The molecule has 1 amide bonds. The normalized spacial score (nSPS) is 11.9. The molecule has 1 atom stereocenters. The van der Waals surface area contributed by atoms with Crippen LogP contribution in [0.15, 0.2) is 36.8 Å². The van der Waals surface area contributed by atoms with Crippen molar-refractivity contribution in [3.63, 3.8) is 0 Å². The van der Waals surface area contributed by atoms with Crippen LogP contribution in [0.1, 0.15) is 17.4 Å². The fourth-order valence-electron chi connectivity index (χ4n) is 1.65. The van der Waals surface area contributed by atoms with E-state index >= 15 is 0 Å². The number of rotatable bonds is 5. The molecule has 0 aliphatic rings. The third kappa shape index (κ3) is 3.52. The summed E-state index contributed by atoms with van der Waals surface area (Å²) in [5.41, 5.74) is 3.46.